The summed E-state index contributed by atoms with van der Waals surface area (Å²) in [6, 6.07) is 17.7. The predicted molar refractivity (Wildman–Crippen MR) is 159 cm³/mol. The first-order valence-corrected chi connectivity index (χ1v) is 14.9. The second-order valence-electron chi connectivity index (χ2n) is 10.1. The van der Waals surface area contributed by atoms with Gasteiger partial charge in [0.15, 0.2) is 4.34 Å². The number of carbonyl (C=O) groups excluding carboxylic acids is 2. The Hall–Kier alpha value is -4.55. The van der Waals surface area contributed by atoms with Gasteiger partial charge >= 0.3 is 5.91 Å². The van der Waals surface area contributed by atoms with Gasteiger partial charge in [0.25, 0.3) is 11.5 Å². The van der Waals surface area contributed by atoms with E-state index in [1.54, 1.807) is 18.2 Å². The maximum absolute atomic E-state index is 13.5. The molecule has 1 saturated heterocycles. The summed E-state index contributed by atoms with van der Waals surface area (Å²) in [5.41, 5.74) is 3.63. The lowest BCUT2D eigenvalue weighted by Gasteiger charge is -2.22. The van der Waals surface area contributed by atoms with Crippen molar-refractivity contribution in [2.45, 2.75) is 42.5 Å². The minimum absolute atomic E-state index is 0.0152. The van der Waals surface area contributed by atoms with Crippen LogP contribution in [0.2, 0.25) is 0 Å². The molecule has 1 N–H and O–H groups in total. The van der Waals surface area contributed by atoms with Crippen LogP contribution < -0.4 is 9.64 Å². The van der Waals surface area contributed by atoms with Crippen LogP contribution in [0.5, 0.6) is 5.75 Å². The Morgan fingerprint density at radius 3 is 2.57 bits per heavy atom. The van der Waals surface area contributed by atoms with Crippen LogP contribution in [0.1, 0.15) is 40.8 Å². The number of Topliss-reactive ketones (excluding diaryl/α,β-unsaturated/α-hetero) is 1. The van der Waals surface area contributed by atoms with Crippen LogP contribution in [0.3, 0.4) is 0 Å². The van der Waals surface area contributed by atoms with E-state index in [9.17, 15) is 24.8 Å². The molecule has 212 valence electrons. The third kappa shape index (κ3) is 5.14. The number of hydrogen-bond donors (Lipinski definition) is 1. The fraction of sp³-hybridized carbons (Fsp3) is 0.200. The van der Waals surface area contributed by atoms with Gasteiger partial charge in [-0.05, 0) is 60.9 Å². The first kappa shape index (κ1) is 27.6. The average molecular weight is 601 g/mol. The fourth-order valence-electron chi connectivity index (χ4n) is 5.04. The maximum atomic E-state index is 13.5. The van der Waals surface area contributed by atoms with Gasteiger partial charge in [0.05, 0.1) is 16.5 Å². The van der Waals surface area contributed by atoms with Gasteiger partial charge in [0.2, 0.25) is 5.13 Å². The molecule has 2 aliphatic heterocycles. The summed E-state index contributed by atoms with van der Waals surface area (Å²) in [6.45, 7) is 3.96. The number of aromatic nitrogens is 2. The molecule has 2 atom stereocenters. The number of hydrogen-bond acceptors (Lipinski definition) is 10. The summed E-state index contributed by atoms with van der Waals surface area (Å²) in [7, 11) is 0. The van der Waals surface area contributed by atoms with E-state index in [4.69, 9.17) is 4.74 Å². The SMILES string of the molecule is Cc1ccc(CSc2nnc(N3C(=O)C(=O)/C(=C(/O)c4ccc5c(c4)CC(C)O5)C3c3ccc([N+](=O)[O-])cc3)s2)cc1. The molecule has 10 nitrogen and oxygen atoms in total. The lowest BCUT2D eigenvalue weighted by atomic mass is 9.94. The van der Waals surface area contributed by atoms with E-state index in [1.165, 1.54) is 40.9 Å². The van der Waals surface area contributed by atoms with Gasteiger partial charge in [-0.25, -0.2) is 0 Å². The number of aliphatic hydroxyl groups excluding tert-OH is 1. The highest BCUT2D eigenvalue weighted by atomic mass is 32.2. The molecule has 1 aromatic heterocycles. The minimum atomic E-state index is -1.07. The summed E-state index contributed by atoms with van der Waals surface area (Å²) >= 11 is 2.61. The molecule has 12 heteroatoms. The minimum Gasteiger partial charge on any atom is -0.507 e. The lowest BCUT2D eigenvalue weighted by molar-refractivity contribution is -0.384. The number of benzene rings is 3. The molecule has 2 aliphatic rings. The van der Waals surface area contributed by atoms with Gasteiger partial charge in [0.1, 0.15) is 17.6 Å². The quantitative estimate of drug-likeness (QED) is 0.0515. The monoisotopic (exact) mass is 600 g/mol. The number of aliphatic hydroxyl groups is 1. The number of fused-ring (bicyclic) bond motifs is 1. The predicted octanol–water partition coefficient (Wildman–Crippen LogP) is 6.00. The number of nitro benzene ring substituents is 1. The second-order valence-corrected chi connectivity index (χ2v) is 12.3. The highest BCUT2D eigenvalue weighted by molar-refractivity contribution is 8.00. The Kier molecular flexibility index (Phi) is 7.25. The van der Waals surface area contributed by atoms with E-state index in [2.05, 4.69) is 10.2 Å². The van der Waals surface area contributed by atoms with Crippen molar-refractivity contribution >= 4 is 51.4 Å². The standard InChI is InChI=1S/C30H24N4O6S2/c1-16-3-5-18(6-4-16)15-41-30-32-31-29(42-30)33-25(19-7-10-22(11-8-19)34(38)39)24(27(36)28(33)37)26(35)20-9-12-23-21(14-20)13-17(2)40-23/h3-12,14,17,25,35H,13,15H2,1-2H3/b26-24+. The van der Waals surface area contributed by atoms with E-state index in [0.29, 0.717) is 33.4 Å². The first-order chi connectivity index (χ1) is 20.2. The molecule has 3 aromatic carbocycles. The highest BCUT2D eigenvalue weighted by Gasteiger charge is 2.48. The molecule has 0 spiro atoms. The topological polar surface area (TPSA) is 136 Å². The maximum Gasteiger partial charge on any atom is 0.301 e. The van der Waals surface area contributed by atoms with E-state index < -0.39 is 22.7 Å². The molecule has 2 unspecified atom stereocenters. The van der Waals surface area contributed by atoms with Crippen molar-refractivity contribution in [3.05, 3.63) is 110 Å². The Morgan fingerprint density at radius 2 is 1.86 bits per heavy atom. The number of ketones is 1. The molecule has 42 heavy (non-hydrogen) atoms. The van der Waals surface area contributed by atoms with Crippen LogP contribution in [0.15, 0.2) is 76.6 Å². The Labute approximate surface area is 248 Å². The molecule has 3 heterocycles. The zero-order valence-corrected chi connectivity index (χ0v) is 24.1. The Bertz CT molecular complexity index is 1750. The van der Waals surface area contributed by atoms with Gasteiger partial charge in [-0.3, -0.25) is 24.6 Å². The van der Waals surface area contributed by atoms with Crippen molar-refractivity contribution in [3.63, 3.8) is 0 Å². The largest absolute Gasteiger partial charge is 0.507 e. The van der Waals surface area contributed by atoms with Crippen LogP contribution in [0.4, 0.5) is 10.8 Å². The number of amides is 1. The van der Waals surface area contributed by atoms with E-state index in [0.717, 1.165) is 28.0 Å². The van der Waals surface area contributed by atoms with Crippen molar-refractivity contribution in [1.29, 1.82) is 0 Å². The molecule has 1 amide bonds. The van der Waals surface area contributed by atoms with Crippen LogP contribution in [0.25, 0.3) is 5.76 Å². The van der Waals surface area contributed by atoms with E-state index in [-0.39, 0.29) is 28.3 Å². The average Bonchev–Trinajstić information content (AvgIpc) is 3.67. The van der Waals surface area contributed by atoms with E-state index >= 15 is 0 Å². The Balaban J connectivity index is 1.39. The van der Waals surface area contributed by atoms with Gasteiger partial charge in [-0.15, -0.1) is 10.2 Å². The summed E-state index contributed by atoms with van der Waals surface area (Å²) < 4.78 is 6.36. The highest BCUT2D eigenvalue weighted by Crippen LogP contribution is 2.45. The molecule has 4 aromatic rings. The number of non-ortho nitro benzene ring substituents is 1. The van der Waals surface area contributed by atoms with Gasteiger partial charge < -0.3 is 9.84 Å². The van der Waals surface area contributed by atoms with Crippen LogP contribution >= 0.6 is 23.1 Å². The number of carbonyl (C=O) groups is 2. The van der Waals surface area contributed by atoms with Crippen molar-refractivity contribution in [2.24, 2.45) is 0 Å². The fourth-order valence-corrected chi connectivity index (χ4v) is 6.86. The van der Waals surface area contributed by atoms with Crippen molar-refractivity contribution in [2.75, 3.05) is 4.90 Å². The zero-order chi connectivity index (χ0) is 29.5. The number of ether oxygens (including phenoxy) is 1. The smallest absolute Gasteiger partial charge is 0.301 e. The normalized spacial score (nSPS) is 19.1. The summed E-state index contributed by atoms with van der Waals surface area (Å²) in [6.07, 6.45) is 0.628. The molecule has 0 radical (unpaired) electrons. The van der Waals surface area contributed by atoms with Gasteiger partial charge in [-0.1, -0.05) is 52.9 Å². The number of anilines is 1. The number of nitro groups is 1. The molecule has 0 aliphatic carbocycles. The molecular formula is C30H24N4O6S2. The summed E-state index contributed by atoms with van der Waals surface area (Å²) in [5.74, 6) is -0.759. The number of thioether (sulfide) groups is 1. The summed E-state index contributed by atoms with van der Waals surface area (Å²) in [5, 5.41) is 31.4. The molecule has 0 bridgehead atoms. The first-order valence-electron chi connectivity index (χ1n) is 13.1. The number of rotatable bonds is 7. The van der Waals surface area contributed by atoms with Crippen LogP contribution in [-0.4, -0.2) is 38.0 Å². The van der Waals surface area contributed by atoms with Crippen molar-refractivity contribution in [3.8, 4) is 5.75 Å². The third-order valence-corrected chi connectivity index (χ3v) is 9.25. The number of aryl methyl sites for hydroxylation is 1. The van der Waals surface area contributed by atoms with Gasteiger partial charge in [-0.2, -0.15) is 0 Å². The molecule has 0 saturated carbocycles. The van der Waals surface area contributed by atoms with Crippen molar-refractivity contribution in [1.82, 2.24) is 10.2 Å². The Morgan fingerprint density at radius 1 is 1.12 bits per heavy atom. The van der Waals surface area contributed by atoms with Crippen LogP contribution in [-0.2, 0) is 21.8 Å². The number of nitrogens with zero attached hydrogens (tertiary/aromatic N) is 4. The second kappa shape index (κ2) is 11.0. The van der Waals surface area contributed by atoms with Gasteiger partial charge in [0, 0.05) is 29.9 Å². The molecule has 1 fully saturated rings. The summed E-state index contributed by atoms with van der Waals surface area (Å²) in [4.78, 5) is 39.0. The molecule has 6 rings (SSSR count). The molecular weight excluding hydrogens is 576 g/mol. The zero-order valence-electron chi connectivity index (χ0n) is 22.5. The van der Waals surface area contributed by atoms with Crippen LogP contribution in [0, 0.1) is 17.0 Å². The van der Waals surface area contributed by atoms with Crippen molar-refractivity contribution < 1.29 is 24.4 Å². The lowest BCUT2D eigenvalue weighted by Crippen LogP contribution is -2.29. The third-order valence-electron chi connectivity index (χ3n) is 7.12. The van der Waals surface area contributed by atoms with E-state index in [1.807, 2.05) is 38.1 Å².